The minimum Gasteiger partial charge on any atom is -0.295 e. The van der Waals surface area contributed by atoms with Crippen molar-refractivity contribution < 1.29 is 4.84 Å². The molecule has 2 aromatic heterocycles. The molecule has 0 unspecified atom stereocenters. The van der Waals surface area contributed by atoms with E-state index in [0.29, 0.717) is 23.7 Å². The van der Waals surface area contributed by atoms with Crippen molar-refractivity contribution in [2.24, 2.45) is 5.92 Å². The van der Waals surface area contributed by atoms with Crippen LogP contribution in [-0.4, -0.2) is 48.0 Å². The van der Waals surface area contributed by atoms with Gasteiger partial charge in [-0.25, -0.2) is 9.67 Å². The first-order valence-electron chi connectivity index (χ1n) is 23.1. The molecule has 2 fully saturated rings. The molecule has 1 aliphatic heterocycles. The average molecular weight is 846 g/mol. The SMILES string of the molecule is CCCCc1nc2ccc([C@@H]3[C@H]4CCCCCC[C@H]4ON3C)cc2c(=O)n1Cc1ccc(-c2ccccc2-c2nnnn2C(c2ccccc2)(c2ccccc2)c2ccccc2)cc1. The van der Waals surface area contributed by atoms with Gasteiger partial charge in [0, 0.05) is 24.9 Å². The molecule has 9 heteroatoms. The van der Waals surface area contributed by atoms with Crippen LogP contribution in [0.4, 0.5) is 0 Å². The maximum Gasteiger partial charge on any atom is 0.261 e. The normalized spacial score (nSPS) is 18.1. The third kappa shape index (κ3) is 7.67. The Hall–Kier alpha value is -6.55. The predicted octanol–water partition coefficient (Wildman–Crippen LogP) is 11.2. The molecule has 2 aliphatic rings. The van der Waals surface area contributed by atoms with Gasteiger partial charge in [-0.15, -0.1) is 5.10 Å². The Balaban J connectivity index is 1.02. The van der Waals surface area contributed by atoms with Gasteiger partial charge in [0.05, 0.1) is 29.6 Å². The molecule has 8 aromatic rings. The highest BCUT2D eigenvalue weighted by atomic mass is 16.7. The number of fused-ring (bicyclic) bond motifs is 2. The van der Waals surface area contributed by atoms with Gasteiger partial charge in [-0.3, -0.25) is 14.2 Å². The fraction of sp³-hybridized carbons (Fsp3) is 0.291. The van der Waals surface area contributed by atoms with Crippen molar-refractivity contribution in [3.8, 4) is 22.5 Å². The molecular formula is C55H55N7O2. The molecular weight excluding hydrogens is 791 g/mol. The molecule has 0 N–H and O–H groups in total. The van der Waals surface area contributed by atoms with Gasteiger partial charge in [0.15, 0.2) is 5.82 Å². The lowest BCUT2D eigenvalue weighted by Crippen LogP contribution is -2.39. The van der Waals surface area contributed by atoms with E-state index in [1.54, 1.807) is 0 Å². The number of hydrogen-bond acceptors (Lipinski definition) is 7. The van der Waals surface area contributed by atoms with E-state index in [1.807, 2.05) is 33.5 Å². The third-order valence-corrected chi connectivity index (χ3v) is 13.6. The van der Waals surface area contributed by atoms with Crippen LogP contribution >= 0.6 is 0 Å². The van der Waals surface area contributed by atoms with Crippen molar-refractivity contribution in [1.82, 2.24) is 34.8 Å². The van der Waals surface area contributed by atoms with Crippen LogP contribution in [0.5, 0.6) is 0 Å². The van der Waals surface area contributed by atoms with Crippen LogP contribution in [0.2, 0.25) is 0 Å². The molecule has 0 spiro atoms. The zero-order chi connectivity index (χ0) is 43.5. The largest absolute Gasteiger partial charge is 0.295 e. The number of aromatic nitrogens is 6. The maximum absolute atomic E-state index is 14.7. The third-order valence-electron chi connectivity index (χ3n) is 13.6. The number of rotatable bonds is 12. The summed E-state index contributed by atoms with van der Waals surface area (Å²) in [6.07, 6.45) is 10.2. The molecule has 1 saturated carbocycles. The highest BCUT2D eigenvalue weighted by molar-refractivity contribution is 5.81. The molecule has 0 amide bonds. The Bertz CT molecular complexity index is 2800. The number of hydrogen-bond donors (Lipinski definition) is 0. The lowest BCUT2D eigenvalue weighted by atomic mass is 9.77. The Morgan fingerprint density at radius 2 is 1.33 bits per heavy atom. The highest BCUT2D eigenvalue weighted by Gasteiger charge is 2.43. The minimum atomic E-state index is -0.880. The standard InChI is InChI=1S/C55H55N7O2/c1-3-4-30-51-56-49-36-35-41(52-47-28-16-5-6-17-29-50(47)64-60(52)2)37-48(49)54(63)61(51)38-39-31-33-40(34-32-39)45-26-18-19-27-46(45)53-57-58-59-62(53)55(42-20-10-7-11-21-42,43-22-12-8-13-23-43)44-24-14-9-15-25-44/h7-15,18-27,31-37,47,50,52H,3-6,16-17,28-30,38H2,1-2H3/t47-,50+,52+/m0/s1. The summed E-state index contributed by atoms with van der Waals surface area (Å²) in [5.74, 6) is 1.89. The molecule has 1 saturated heterocycles. The molecule has 322 valence electrons. The number of tetrazole rings is 1. The zero-order valence-electron chi connectivity index (χ0n) is 36.8. The maximum atomic E-state index is 14.7. The van der Waals surface area contributed by atoms with Gasteiger partial charge in [-0.1, -0.05) is 185 Å². The summed E-state index contributed by atoms with van der Waals surface area (Å²) in [6.45, 7) is 2.61. The van der Waals surface area contributed by atoms with Crippen molar-refractivity contribution in [3.63, 3.8) is 0 Å². The summed E-state index contributed by atoms with van der Waals surface area (Å²) >= 11 is 0. The van der Waals surface area contributed by atoms with Crippen molar-refractivity contribution in [2.75, 3.05) is 7.05 Å². The average Bonchev–Trinajstić information content (AvgIpc) is 3.94. The fourth-order valence-electron chi connectivity index (χ4n) is 10.5. The van der Waals surface area contributed by atoms with E-state index in [2.05, 4.69) is 158 Å². The van der Waals surface area contributed by atoms with E-state index in [-0.39, 0.29) is 17.7 Å². The summed E-state index contributed by atoms with van der Waals surface area (Å²) in [6, 6.07) is 54.7. The Labute approximate surface area is 375 Å². The number of hydroxylamine groups is 2. The quantitative estimate of drug-likeness (QED) is 0.113. The predicted molar refractivity (Wildman–Crippen MR) is 254 cm³/mol. The summed E-state index contributed by atoms with van der Waals surface area (Å²) in [7, 11) is 2.06. The van der Waals surface area contributed by atoms with Crippen LogP contribution in [-0.2, 0) is 23.3 Å². The second-order valence-electron chi connectivity index (χ2n) is 17.6. The van der Waals surface area contributed by atoms with Gasteiger partial charge < -0.3 is 0 Å². The summed E-state index contributed by atoms with van der Waals surface area (Å²) in [5.41, 5.74) is 8.11. The van der Waals surface area contributed by atoms with E-state index in [9.17, 15) is 4.79 Å². The van der Waals surface area contributed by atoms with Gasteiger partial charge in [0.1, 0.15) is 11.4 Å². The molecule has 0 radical (unpaired) electrons. The molecule has 6 aromatic carbocycles. The summed E-state index contributed by atoms with van der Waals surface area (Å²) in [5, 5.41) is 16.7. The van der Waals surface area contributed by atoms with Gasteiger partial charge in [-0.2, -0.15) is 5.06 Å². The molecule has 1 aliphatic carbocycles. The summed E-state index contributed by atoms with van der Waals surface area (Å²) < 4.78 is 3.89. The van der Waals surface area contributed by atoms with Crippen LogP contribution in [0.1, 0.15) is 98.0 Å². The van der Waals surface area contributed by atoms with E-state index < -0.39 is 5.54 Å². The van der Waals surface area contributed by atoms with Crippen LogP contribution in [0.3, 0.4) is 0 Å². The van der Waals surface area contributed by atoms with E-state index in [0.717, 1.165) is 88.0 Å². The number of aryl methyl sites for hydroxylation is 1. The zero-order valence-corrected chi connectivity index (χ0v) is 36.8. The van der Waals surface area contributed by atoms with Gasteiger partial charge in [0.2, 0.25) is 0 Å². The van der Waals surface area contributed by atoms with Gasteiger partial charge in [0.25, 0.3) is 5.56 Å². The van der Waals surface area contributed by atoms with E-state index in [4.69, 9.17) is 20.1 Å². The topological polar surface area (TPSA) is 91.0 Å². The van der Waals surface area contributed by atoms with E-state index >= 15 is 0 Å². The van der Waals surface area contributed by atoms with E-state index in [1.165, 1.54) is 25.7 Å². The first kappa shape index (κ1) is 41.5. The van der Waals surface area contributed by atoms with Crippen molar-refractivity contribution in [3.05, 3.63) is 202 Å². The highest BCUT2D eigenvalue weighted by Crippen LogP contribution is 2.45. The Morgan fingerprint density at radius 1 is 0.703 bits per heavy atom. The molecule has 64 heavy (non-hydrogen) atoms. The van der Waals surface area contributed by atoms with Crippen LogP contribution < -0.4 is 5.56 Å². The first-order chi connectivity index (χ1) is 31.5. The Morgan fingerprint density at radius 3 is 1.98 bits per heavy atom. The second kappa shape index (κ2) is 18.3. The number of unbranched alkanes of at least 4 members (excludes halogenated alkanes) is 1. The van der Waals surface area contributed by atoms with Crippen molar-refractivity contribution in [2.45, 2.75) is 88.9 Å². The van der Waals surface area contributed by atoms with Crippen molar-refractivity contribution >= 4 is 10.9 Å². The Kier molecular flexibility index (Phi) is 11.8. The van der Waals surface area contributed by atoms with Crippen LogP contribution in [0.15, 0.2) is 163 Å². The van der Waals surface area contributed by atoms with Gasteiger partial charge >= 0.3 is 0 Å². The van der Waals surface area contributed by atoms with Crippen LogP contribution in [0.25, 0.3) is 33.4 Å². The number of benzene rings is 6. The summed E-state index contributed by atoms with van der Waals surface area (Å²) in [4.78, 5) is 26.3. The molecule has 3 heterocycles. The second-order valence-corrected chi connectivity index (χ2v) is 17.6. The molecule has 0 bridgehead atoms. The van der Waals surface area contributed by atoms with Gasteiger partial charge in [-0.05, 0) is 80.8 Å². The fourth-order valence-corrected chi connectivity index (χ4v) is 10.5. The smallest absolute Gasteiger partial charge is 0.261 e. The molecule has 10 rings (SSSR count). The lowest BCUT2D eigenvalue weighted by Gasteiger charge is -2.36. The first-order valence-corrected chi connectivity index (χ1v) is 23.1. The lowest BCUT2D eigenvalue weighted by molar-refractivity contribution is -0.146. The monoisotopic (exact) mass is 845 g/mol. The minimum absolute atomic E-state index is 0.00808. The molecule has 3 atom stereocenters. The van der Waals surface area contributed by atoms with Crippen LogP contribution in [0, 0.1) is 5.92 Å². The van der Waals surface area contributed by atoms with Crippen molar-refractivity contribution in [1.29, 1.82) is 0 Å². The number of nitrogens with zero attached hydrogens (tertiary/aromatic N) is 7. The molecule has 9 nitrogen and oxygen atoms in total.